The molecule has 0 bridgehead atoms. The van der Waals surface area contributed by atoms with Crippen LogP contribution in [0.5, 0.6) is 0 Å². The second kappa shape index (κ2) is 5.97. The van der Waals surface area contributed by atoms with Crippen LogP contribution < -0.4 is 5.32 Å². The number of amides is 1. The van der Waals surface area contributed by atoms with Crippen molar-refractivity contribution in [2.24, 2.45) is 0 Å². The predicted molar refractivity (Wildman–Crippen MR) is 76.9 cm³/mol. The molecule has 0 atom stereocenters. The van der Waals surface area contributed by atoms with Crippen molar-refractivity contribution in [1.82, 2.24) is 0 Å². The third-order valence-electron chi connectivity index (χ3n) is 2.97. The first kappa shape index (κ1) is 13.7. The van der Waals surface area contributed by atoms with Crippen molar-refractivity contribution < 1.29 is 9.72 Å². The van der Waals surface area contributed by atoms with E-state index in [1.165, 1.54) is 12.1 Å². The maximum absolute atomic E-state index is 12.1. The molecule has 0 saturated carbocycles. The predicted octanol–water partition coefficient (Wildman–Crippen LogP) is 3.41. The number of anilines is 1. The zero-order chi connectivity index (χ0) is 14.5. The average molecular weight is 270 g/mol. The van der Waals surface area contributed by atoms with Gasteiger partial charge in [0.25, 0.3) is 11.6 Å². The number of nitro groups is 1. The molecule has 5 heteroatoms. The van der Waals surface area contributed by atoms with Crippen molar-refractivity contribution in [3.8, 4) is 0 Å². The lowest BCUT2D eigenvalue weighted by atomic mass is 10.1. The third-order valence-corrected chi connectivity index (χ3v) is 2.97. The van der Waals surface area contributed by atoms with E-state index < -0.39 is 4.92 Å². The molecule has 0 aliphatic carbocycles. The number of hydrogen-bond acceptors (Lipinski definition) is 3. The number of hydrogen-bond donors (Lipinski definition) is 1. The maximum Gasteiger partial charge on any atom is 0.292 e. The van der Waals surface area contributed by atoms with Crippen LogP contribution in [0.4, 0.5) is 11.4 Å². The Labute approximate surface area is 116 Å². The number of nitrogens with one attached hydrogen (secondary N) is 1. The van der Waals surface area contributed by atoms with E-state index in [0.717, 1.165) is 12.0 Å². The van der Waals surface area contributed by atoms with E-state index in [1.54, 1.807) is 24.3 Å². The summed E-state index contributed by atoms with van der Waals surface area (Å²) in [5.41, 5.74) is 1.68. The number of para-hydroxylation sites is 2. The molecule has 1 amide bonds. The van der Waals surface area contributed by atoms with Gasteiger partial charge < -0.3 is 5.32 Å². The van der Waals surface area contributed by atoms with Gasteiger partial charge in [-0.2, -0.15) is 0 Å². The van der Waals surface area contributed by atoms with Crippen LogP contribution in [0.2, 0.25) is 0 Å². The topological polar surface area (TPSA) is 72.2 Å². The van der Waals surface area contributed by atoms with Gasteiger partial charge in [0.2, 0.25) is 0 Å². The lowest BCUT2D eigenvalue weighted by Gasteiger charge is -2.06. The molecule has 2 rings (SSSR count). The highest BCUT2D eigenvalue weighted by molar-refractivity contribution is 6.05. The lowest BCUT2D eigenvalue weighted by molar-refractivity contribution is -0.383. The first-order valence-electron chi connectivity index (χ1n) is 6.25. The molecule has 0 aliphatic rings. The number of rotatable bonds is 4. The van der Waals surface area contributed by atoms with E-state index in [-0.39, 0.29) is 17.3 Å². The van der Waals surface area contributed by atoms with Gasteiger partial charge in [0.15, 0.2) is 0 Å². The minimum Gasteiger partial charge on any atom is -0.316 e. The minimum atomic E-state index is -0.518. The molecule has 20 heavy (non-hydrogen) atoms. The van der Waals surface area contributed by atoms with E-state index in [9.17, 15) is 14.9 Å². The lowest BCUT2D eigenvalue weighted by Crippen LogP contribution is -2.13. The summed E-state index contributed by atoms with van der Waals surface area (Å²) in [5.74, 6) is -0.359. The quantitative estimate of drug-likeness (QED) is 0.683. The van der Waals surface area contributed by atoms with Crippen molar-refractivity contribution in [2.45, 2.75) is 13.3 Å². The van der Waals surface area contributed by atoms with E-state index >= 15 is 0 Å². The van der Waals surface area contributed by atoms with Crippen molar-refractivity contribution >= 4 is 17.3 Å². The normalized spacial score (nSPS) is 10.1. The Morgan fingerprint density at radius 2 is 1.80 bits per heavy atom. The average Bonchev–Trinajstić information content (AvgIpc) is 2.47. The van der Waals surface area contributed by atoms with Gasteiger partial charge in [0, 0.05) is 11.6 Å². The fourth-order valence-electron chi connectivity index (χ4n) is 1.82. The standard InChI is InChI=1S/C15H14N2O3/c1-2-11-7-9-12(10-8-11)15(18)16-13-5-3-4-6-14(13)17(19)20/h3-10H,2H2,1H3,(H,16,18). The highest BCUT2D eigenvalue weighted by Gasteiger charge is 2.15. The number of nitrogens with zero attached hydrogens (tertiary/aromatic N) is 1. The molecule has 2 aromatic carbocycles. The Morgan fingerprint density at radius 1 is 1.15 bits per heavy atom. The van der Waals surface area contributed by atoms with E-state index in [1.807, 2.05) is 19.1 Å². The number of nitro benzene ring substituents is 1. The molecule has 0 saturated heterocycles. The molecule has 0 radical (unpaired) electrons. The highest BCUT2D eigenvalue weighted by atomic mass is 16.6. The van der Waals surface area contributed by atoms with Crippen molar-refractivity contribution in [2.75, 3.05) is 5.32 Å². The number of carbonyl (C=O) groups excluding carboxylic acids is 1. The molecule has 0 unspecified atom stereocenters. The molecule has 2 aromatic rings. The van der Waals surface area contributed by atoms with Gasteiger partial charge in [-0.15, -0.1) is 0 Å². The molecule has 0 aromatic heterocycles. The summed E-state index contributed by atoms with van der Waals surface area (Å²) in [7, 11) is 0. The fourth-order valence-corrected chi connectivity index (χ4v) is 1.82. The summed E-state index contributed by atoms with van der Waals surface area (Å²) in [5, 5.41) is 13.4. The summed E-state index contributed by atoms with van der Waals surface area (Å²) in [6.07, 6.45) is 0.895. The summed E-state index contributed by atoms with van der Waals surface area (Å²) in [4.78, 5) is 22.4. The molecule has 1 N–H and O–H groups in total. The van der Waals surface area contributed by atoms with Gasteiger partial charge in [-0.05, 0) is 30.2 Å². The maximum atomic E-state index is 12.1. The Bertz CT molecular complexity index is 636. The SMILES string of the molecule is CCc1ccc(C(=O)Nc2ccccc2[N+](=O)[O-])cc1. The van der Waals surface area contributed by atoms with E-state index in [4.69, 9.17) is 0 Å². The van der Waals surface area contributed by atoms with Crippen LogP contribution in [0.15, 0.2) is 48.5 Å². The molecular weight excluding hydrogens is 256 g/mol. The second-order valence-electron chi connectivity index (χ2n) is 4.28. The second-order valence-corrected chi connectivity index (χ2v) is 4.28. The van der Waals surface area contributed by atoms with Crippen LogP contribution >= 0.6 is 0 Å². The van der Waals surface area contributed by atoms with Crippen LogP contribution in [0.1, 0.15) is 22.8 Å². The molecule has 102 valence electrons. The third kappa shape index (κ3) is 3.00. The van der Waals surface area contributed by atoms with Gasteiger partial charge in [0.05, 0.1) is 4.92 Å². The zero-order valence-electron chi connectivity index (χ0n) is 11.0. The molecule has 0 aliphatic heterocycles. The van der Waals surface area contributed by atoms with Crippen LogP contribution in [-0.2, 0) is 6.42 Å². The van der Waals surface area contributed by atoms with Gasteiger partial charge in [-0.25, -0.2) is 0 Å². The van der Waals surface area contributed by atoms with Crippen LogP contribution in [0, 0.1) is 10.1 Å². The highest BCUT2D eigenvalue weighted by Crippen LogP contribution is 2.23. The first-order chi connectivity index (χ1) is 9.61. The first-order valence-corrected chi connectivity index (χ1v) is 6.25. The monoisotopic (exact) mass is 270 g/mol. The minimum absolute atomic E-state index is 0.119. The van der Waals surface area contributed by atoms with Crippen LogP contribution in [0.3, 0.4) is 0 Å². The summed E-state index contributed by atoms with van der Waals surface area (Å²) >= 11 is 0. The molecule has 5 nitrogen and oxygen atoms in total. The molecule has 0 spiro atoms. The van der Waals surface area contributed by atoms with Crippen LogP contribution in [-0.4, -0.2) is 10.8 Å². The summed E-state index contributed by atoms with van der Waals surface area (Å²) < 4.78 is 0. The Kier molecular flexibility index (Phi) is 4.10. The number of carbonyl (C=O) groups is 1. The van der Waals surface area contributed by atoms with Gasteiger partial charge in [-0.1, -0.05) is 31.2 Å². The van der Waals surface area contributed by atoms with Crippen molar-refractivity contribution in [3.05, 3.63) is 69.8 Å². The molecule has 0 fully saturated rings. The van der Waals surface area contributed by atoms with Gasteiger partial charge in [-0.3, -0.25) is 14.9 Å². The Morgan fingerprint density at radius 3 is 2.40 bits per heavy atom. The number of aryl methyl sites for hydroxylation is 1. The number of benzene rings is 2. The summed E-state index contributed by atoms with van der Waals surface area (Å²) in [6, 6.07) is 13.2. The zero-order valence-corrected chi connectivity index (χ0v) is 11.0. The van der Waals surface area contributed by atoms with Gasteiger partial charge >= 0.3 is 0 Å². The van der Waals surface area contributed by atoms with E-state index in [2.05, 4.69) is 5.32 Å². The van der Waals surface area contributed by atoms with E-state index in [0.29, 0.717) is 5.56 Å². The van der Waals surface area contributed by atoms with Crippen LogP contribution in [0.25, 0.3) is 0 Å². The Balaban J connectivity index is 2.21. The van der Waals surface area contributed by atoms with Crippen molar-refractivity contribution in [1.29, 1.82) is 0 Å². The molecular formula is C15H14N2O3. The van der Waals surface area contributed by atoms with Crippen molar-refractivity contribution in [3.63, 3.8) is 0 Å². The fraction of sp³-hybridized carbons (Fsp3) is 0.133. The molecule has 0 heterocycles. The van der Waals surface area contributed by atoms with Gasteiger partial charge in [0.1, 0.15) is 5.69 Å². The smallest absolute Gasteiger partial charge is 0.292 e. The summed E-state index contributed by atoms with van der Waals surface area (Å²) in [6.45, 7) is 2.03. The largest absolute Gasteiger partial charge is 0.316 e. The Hall–Kier alpha value is -2.69.